The van der Waals surface area contributed by atoms with E-state index >= 15 is 0 Å². The van der Waals surface area contributed by atoms with Gasteiger partial charge >= 0.3 is 6.68 Å². The highest BCUT2D eigenvalue weighted by atomic mass is 35.5. The predicted octanol–water partition coefficient (Wildman–Crippen LogP) is 5.03. The van der Waals surface area contributed by atoms with E-state index in [-0.39, 0.29) is 23.7 Å². The minimum atomic E-state index is -3.67. The van der Waals surface area contributed by atoms with Gasteiger partial charge in [0.2, 0.25) is 21.8 Å². The van der Waals surface area contributed by atoms with Gasteiger partial charge in [-0.05, 0) is 19.8 Å². The fourth-order valence-corrected chi connectivity index (χ4v) is 4.14. The average Bonchev–Trinajstić information content (AvgIpc) is 3.19. The maximum Gasteiger partial charge on any atom is 0.379 e. The summed E-state index contributed by atoms with van der Waals surface area (Å²) in [7, 11) is 2.02. The molecule has 2 unspecified atom stereocenters. The molecule has 3 rings (SSSR count). The smallest absolute Gasteiger partial charge is 0.273 e. The zero-order valence-electron chi connectivity index (χ0n) is 16.0. The average molecular weight is 530 g/mol. The first kappa shape index (κ1) is 27.4. The molecule has 5 nitrogen and oxygen atoms in total. The molecule has 0 aromatic carbocycles. The molecule has 13 heteroatoms. The summed E-state index contributed by atoms with van der Waals surface area (Å²) in [5, 5.41) is 0. The molecule has 2 heterocycles. The zero-order chi connectivity index (χ0) is 23.1. The van der Waals surface area contributed by atoms with E-state index in [1.807, 2.05) is 30.0 Å². The van der Waals surface area contributed by atoms with E-state index in [1.165, 1.54) is 0 Å². The van der Waals surface area contributed by atoms with E-state index in [0.717, 1.165) is 10.8 Å². The molecule has 2 atom stereocenters. The summed E-state index contributed by atoms with van der Waals surface area (Å²) in [5.74, 6) is -1.19. The van der Waals surface area contributed by atoms with Crippen LogP contribution in [-0.4, -0.2) is 35.9 Å². The van der Waals surface area contributed by atoms with E-state index in [4.69, 9.17) is 46.4 Å². The van der Waals surface area contributed by atoms with E-state index < -0.39 is 15.2 Å². The number of aromatic nitrogens is 2. The van der Waals surface area contributed by atoms with Gasteiger partial charge < -0.3 is 0 Å². The number of hydrogen-bond donors (Lipinski definition) is 0. The van der Waals surface area contributed by atoms with E-state index in [1.54, 1.807) is 0 Å². The van der Waals surface area contributed by atoms with Crippen molar-refractivity contribution < 1.29 is 27.3 Å². The molecular weight excluding hydrogens is 509 g/mol. The first-order valence-electron chi connectivity index (χ1n) is 8.71. The second-order valence-corrected chi connectivity index (χ2v) is 10.4. The number of carbonyl (C=O) groups is 2. The van der Waals surface area contributed by atoms with Crippen molar-refractivity contribution in [2.24, 2.45) is 18.9 Å². The number of fused-ring (bicyclic) bond motifs is 1. The molecule has 1 fully saturated rings. The van der Waals surface area contributed by atoms with Crippen molar-refractivity contribution in [3.63, 3.8) is 0 Å². The molecule has 1 saturated heterocycles. The Morgan fingerprint density at radius 3 is 1.93 bits per heavy atom. The molecule has 2 aliphatic rings. The number of nitrogens with zero attached hydrogens (tertiary/aromatic N) is 3. The SMILES string of the molecule is CCn1cc[n+](C)c1.FC(F)F.O=C1C2CC=CCC2C(=O)N1SC(Cl)(Cl)C(Cl)Cl. The second-order valence-electron chi connectivity index (χ2n) is 6.24. The van der Waals surface area contributed by atoms with Crippen molar-refractivity contribution in [1.82, 2.24) is 8.87 Å². The highest BCUT2D eigenvalue weighted by Gasteiger charge is 2.51. The van der Waals surface area contributed by atoms with Crippen LogP contribution in [0.3, 0.4) is 0 Å². The van der Waals surface area contributed by atoms with Crippen LogP contribution in [0.5, 0.6) is 0 Å². The third-order valence-electron chi connectivity index (χ3n) is 4.12. The minimum absolute atomic E-state index is 0.279. The van der Waals surface area contributed by atoms with Crippen LogP contribution >= 0.6 is 58.4 Å². The van der Waals surface area contributed by atoms with Gasteiger partial charge in [-0.15, -0.1) is 23.2 Å². The number of carbonyl (C=O) groups excluding carboxylic acids is 2. The largest absolute Gasteiger partial charge is 0.379 e. The molecule has 0 saturated carbocycles. The maximum atomic E-state index is 12.1. The summed E-state index contributed by atoms with van der Waals surface area (Å²) in [6.07, 6.45) is 11.1. The van der Waals surface area contributed by atoms with Crippen molar-refractivity contribution in [1.29, 1.82) is 0 Å². The topological polar surface area (TPSA) is 46.2 Å². The molecular formula is C17H21Cl4F3N3O2S+. The third kappa shape index (κ3) is 8.15. The molecule has 1 aliphatic heterocycles. The van der Waals surface area contributed by atoms with Crippen molar-refractivity contribution in [2.75, 3.05) is 0 Å². The number of amides is 2. The summed E-state index contributed by atoms with van der Waals surface area (Å²) >= 11 is 23.7. The molecule has 1 aromatic rings. The lowest BCUT2D eigenvalue weighted by Crippen LogP contribution is -2.31. The van der Waals surface area contributed by atoms with Crippen LogP contribution in [0.4, 0.5) is 13.2 Å². The van der Waals surface area contributed by atoms with Crippen molar-refractivity contribution >= 4 is 70.2 Å². The fraction of sp³-hybridized carbons (Fsp3) is 0.588. The molecule has 0 bridgehead atoms. The van der Waals surface area contributed by atoms with Crippen LogP contribution in [-0.2, 0) is 23.2 Å². The van der Waals surface area contributed by atoms with Crippen molar-refractivity contribution in [3.8, 4) is 0 Å². The normalized spacial score (nSPS) is 20.7. The fourth-order valence-electron chi connectivity index (χ4n) is 2.71. The van der Waals surface area contributed by atoms with Gasteiger partial charge in [0.15, 0.2) is 4.84 Å². The molecule has 0 N–H and O–H groups in total. The molecule has 170 valence electrons. The van der Waals surface area contributed by atoms with Crippen molar-refractivity contribution in [3.05, 3.63) is 30.9 Å². The van der Waals surface area contributed by atoms with Crippen LogP contribution in [0, 0.1) is 11.8 Å². The van der Waals surface area contributed by atoms with Gasteiger partial charge in [0.05, 0.1) is 25.4 Å². The summed E-state index contributed by atoms with van der Waals surface area (Å²) in [6, 6.07) is 0. The van der Waals surface area contributed by atoms with Gasteiger partial charge in [-0.25, -0.2) is 13.4 Å². The number of aryl methyl sites for hydroxylation is 2. The Morgan fingerprint density at radius 2 is 1.63 bits per heavy atom. The Balaban J connectivity index is 0.000000309. The monoisotopic (exact) mass is 528 g/mol. The summed E-state index contributed by atoms with van der Waals surface area (Å²) in [5.41, 5.74) is 0. The molecule has 0 radical (unpaired) electrons. The van der Waals surface area contributed by atoms with E-state index in [0.29, 0.717) is 24.8 Å². The maximum absolute atomic E-state index is 12.1. The van der Waals surface area contributed by atoms with Gasteiger partial charge in [0.1, 0.15) is 12.4 Å². The Hall–Kier alpha value is -0.610. The van der Waals surface area contributed by atoms with Gasteiger partial charge in [0, 0.05) is 11.9 Å². The van der Waals surface area contributed by atoms with Gasteiger partial charge in [-0.2, -0.15) is 13.2 Å². The molecule has 30 heavy (non-hydrogen) atoms. The van der Waals surface area contributed by atoms with Gasteiger partial charge in [-0.3, -0.25) is 9.59 Å². The highest BCUT2D eigenvalue weighted by Crippen LogP contribution is 2.48. The number of rotatable bonds is 4. The molecule has 1 aliphatic carbocycles. The first-order valence-corrected chi connectivity index (χ1v) is 11.1. The van der Waals surface area contributed by atoms with Crippen LogP contribution < -0.4 is 4.57 Å². The number of allylic oxidation sites excluding steroid dienone is 2. The van der Waals surface area contributed by atoms with Gasteiger partial charge in [-0.1, -0.05) is 35.4 Å². The van der Waals surface area contributed by atoms with Crippen LogP contribution in [0.25, 0.3) is 0 Å². The van der Waals surface area contributed by atoms with Crippen LogP contribution in [0.2, 0.25) is 0 Å². The molecule has 2 amide bonds. The van der Waals surface area contributed by atoms with E-state index in [9.17, 15) is 22.8 Å². The lowest BCUT2D eigenvalue weighted by molar-refractivity contribution is -0.671. The lowest BCUT2D eigenvalue weighted by atomic mass is 9.85. The lowest BCUT2D eigenvalue weighted by Gasteiger charge is -2.24. The molecule has 0 spiro atoms. The summed E-state index contributed by atoms with van der Waals surface area (Å²) in [4.78, 5) is 23.1. The Morgan fingerprint density at radius 1 is 1.17 bits per heavy atom. The number of halogens is 7. The Kier molecular flexibility index (Phi) is 11.4. The number of hydrogen-bond acceptors (Lipinski definition) is 3. The third-order valence-corrected chi connectivity index (χ3v) is 7.36. The summed E-state index contributed by atoms with van der Waals surface area (Å²) in [6.45, 7) is -0.485. The van der Waals surface area contributed by atoms with E-state index in [2.05, 4.69) is 24.0 Å². The standard InChI is InChI=1S/C10H9Cl4NO2S.C6H11N2.CHF3/c11-9(12)10(13,14)18-15-7(16)5-3-1-2-4-6(5)8(15)17;1-3-8-5-4-7(2)6-8;2-1(3)4/h1-2,5-6,9H,3-4H2;4-6H,3H2,1-2H3;1H/q;+1;. The number of imidazole rings is 1. The van der Waals surface area contributed by atoms with Crippen LogP contribution in [0.1, 0.15) is 19.8 Å². The first-order chi connectivity index (χ1) is 13.9. The minimum Gasteiger partial charge on any atom is -0.273 e. The number of alkyl halides is 7. The van der Waals surface area contributed by atoms with Crippen LogP contribution in [0.15, 0.2) is 30.9 Å². The van der Waals surface area contributed by atoms with Crippen molar-refractivity contribution in [2.45, 2.75) is 41.5 Å². The number of imide groups is 1. The second kappa shape index (κ2) is 12.4. The Bertz CT molecular complexity index is 721. The summed E-state index contributed by atoms with van der Waals surface area (Å²) < 4.78 is 32.5. The molecule has 1 aromatic heterocycles. The predicted molar refractivity (Wildman–Crippen MR) is 113 cm³/mol. The highest BCUT2D eigenvalue weighted by molar-refractivity contribution is 8.02. The zero-order valence-corrected chi connectivity index (χ0v) is 19.9. The van der Waals surface area contributed by atoms with Gasteiger partial charge in [0.25, 0.3) is 0 Å². The Labute approximate surface area is 197 Å². The quantitative estimate of drug-likeness (QED) is 0.181.